The number of nitrogens with two attached hydrogens (primary N) is 1. The van der Waals surface area contributed by atoms with Gasteiger partial charge in [-0.15, -0.1) is 11.8 Å². The van der Waals surface area contributed by atoms with E-state index in [2.05, 4.69) is 6.92 Å². The van der Waals surface area contributed by atoms with Crippen LogP contribution in [0.3, 0.4) is 0 Å². The van der Waals surface area contributed by atoms with Crippen LogP contribution in [-0.2, 0) is 9.59 Å². The maximum Gasteiger partial charge on any atom is 0.327 e. The second kappa shape index (κ2) is 5.69. The van der Waals surface area contributed by atoms with Gasteiger partial charge in [-0.2, -0.15) is 0 Å². The van der Waals surface area contributed by atoms with E-state index in [4.69, 9.17) is 10.8 Å². The summed E-state index contributed by atoms with van der Waals surface area (Å²) in [5, 5.41) is 8.87. The van der Waals surface area contributed by atoms with Crippen LogP contribution in [0.5, 0.6) is 0 Å². The summed E-state index contributed by atoms with van der Waals surface area (Å²) in [7, 11) is 0. The zero-order chi connectivity index (χ0) is 15.8. The van der Waals surface area contributed by atoms with Crippen LogP contribution in [0.15, 0.2) is 30.3 Å². The second-order valence-corrected chi connectivity index (χ2v) is 7.38. The molecule has 1 aromatic rings. The SMILES string of the molecule is CC1(C)S[C@@H]2[C@H](N)C(=O)N2[C@H]1C(=O)O.[CH2]c1ccccc1. The molecule has 0 unspecified atom stereocenters. The van der Waals surface area contributed by atoms with Gasteiger partial charge in [0.1, 0.15) is 17.5 Å². The maximum absolute atomic E-state index is 11.4. The Kier molecular flexibility index (Phi) is 4.30. The highest BCUT2D eigenvalue weighted by molar-refractivity contribution is 8.01. The van der Waals surface area contributed by atoms with E-state index in [1.165, 1.54) is 16.7 Å². The van der Waals surface area contributed by atoms with Crippen molar-refractivity contribution >= 4 is 23.6 Å². The summed E-state index contributed by atoms with van der Waals surface area (Å²) in [5.74, 6) is -1.20. The molecule has 1 aromatic carbocycles. The smallest absolute Gasteiger partial charge is 0.327 e. The molecule has 0 aromatic heterocycles. The van der Waals surface area contributed by atoms with Gasteiger partial charge in [-0.25, -0.2) is 4.79 Å². The molecule has 2 heterocycles. The lowest BCUT2D eigenvalue weighted by Gasteiger charge is -2.41. The van der Waals surface area contributed by atoms with Crippen molar-refractivity contribution in [3.63, 3.8) is 0 Å². The molecule has 1 amide bonds. The average molecular weight is 307 g/mol. The van der Waals surface area contributed by atoms with Gasteiger partial charge in [-0.05, 0) is 26.3 Å². The Bertz CT molecular complexity index is 547. The summed E-state index contributed by atoms with van der Waals surface area (Å²) in [6.45, 7) is 7.38. The first-order valence-electron chi connectivity index (χ1n) is 6.61. The van der Waals surface area contributed by atoms with Crippen LogP contribution in [0.4, 0.5) is 0 Å². The number of thioether (sulfide) groups is 1. The number of nitrogens with zero attached hydrogens (tertiary/aromatic N) is 1. The van der Waals surface area contributed by atoms with Crippen LogP contribution in [0.1, 0.15) is 19.4 Å². The number of carboxylic acid groups (broad SMARTS) is 1. The van der Waals surface area contributed by atoms with Crippen molar-refractivity contribution in [2.24, 2.45) is 5.73 Å². The van der Waals surface area contributed by atoms with Crippen LogP contribution in [0.2, 0.25) is 0 Å². The lowest BCUT2D eigenvalue weighted by atomic mass is 9.96. The number of hydrogen-bond acceptors (Lipinski definition) is 4. The molecule has 2 saturated heterocycles. The monoisotopic (exact) mass is 307 g/mol. The Morgan fingerprint density at radius 2 is 1.95 bits per heavy atom. The summed E-state index contributed by atoms with van der Waals surface area (Å²) >= 11 is 1.47. The Hall–Kier alpha value is -1.53. The predicted molar refractivity (Wildman–Crippen MR) is 82.6 cm³/mol. The fraction of sp³-hybridized carbons (Fsp3) is 0.400. The summed E-state index contributed by atoms with van der Waals surface area (Å²) in [5.41, 5.74) is 6.66. The number of β-lactam (4-membered cyclic amide) rings is 1. The van der Waals surface area contributed by atoms with E-state index in [-0.39, 0.29) is 11.3 Å². The molecule has 6 heteroatoms. The Morgan fingerprint density at radius 3 is 2.38 bits per heavy atom. The number of hydrogen-bond donors (Lipinski definition) is 2. The normalized spacial score (nSPS) is 29.0. The van der Waals surface area contributed by atoms with Gasteiger partial charge in [-0.1, -0.05) is 30.3 Å². The second-order valence-electron chi connectivity index (χ2n) is 5.61. The average Bonchev–Trinajstić information content (AvgIpc) is 2.69. The first kappa shape index (κ1) is 15.9. The van der Waals surface area contributed by atoms with Crippen LogP contribution in [0, 0.1) is 6.92 Å². The third-order valence-electron chi connectivity index (χ3n) is 3.56. The number of carbonyl (C=O) groups excluding carboxylic acids is 1. The van der Waals surface area contributed by atoms with Crippen LogP contribution < -0.4 is 5.73 Å². The van der Waals surface area contributed by atoms with E-state index >= 15 is 0 Å². The standard InChI is InChI=1S/C8H12N2O3S.C7H7/c1-8(2)4(7(12)13)10-5(11)3(9)6(10)14-8;1-7-5-3-2-4-6-7/h3-4,6H,9H2,1-2H3,(H,12,13);2-6H,1H2/t3-,4+,6-;/m1./s1. The molecule has 3 atom stereocenters. The number of amides is 1. The van der Waals surface area contributed by atoms with E-state index in [9.17, 15) is 9.59 Å². The van der Waals surface area contributed by atoms with Crippen molar-refractivity contribution in [2.45, 2.75) is 36.1 Å². The summed E-state index contributed by atoms with van der Waals surface area (Å²) in [6, 6.07) is 8.60. The highest BCUT2D eigenvalue weighted by Crippen LogP contribution is 2.50. The molecule has 3 N–H and O–H groups in total. The molecular formula is C15H19N2O3S. The van der Waals surface area contributed by atoms with Crippen molar-refractivity contribution < 1.29 is 14.7 Å². The highest BCUT2D eigenvalue weighted by atomic mass is 32.2. The minimum Gasteiger partial charge on any atom is -0.480 e. The van der Waals surface area contributed by atoms with E-state index in [1.807, 2.05) is 44.2 Å². The molecule has 0 saturated carbocycles. The predicted octanol–water partition coefficient (Wildman–Crippen LogP) is 1.33. The van der Waals surface area contributed by atoms with Gasteiger partial charge in [0.15, 0.2) is 0 Å². The van der Waals surface area contributed by atoms with Crippen LogP contribution in [0.25, 0.3) is 0 Å². The van der Waals surface area contributed by atoms with Gasteiger partial charge in [-0.3, -0.25) is 4.79 Å². The lowest BCUT2D eigenvalue weighted by molar-refractivity contribution is -0.159. The van der Waals surface area contributed by atoms with Gasteiger partial charge < -0.3 is 15.7 Å². The zero-order valence-corrected chi connectivity index (χ0v) is 12.8. The molecule has 2 fully saturated rings. The molecule has 0 spiro atoms. The summed E-state index contributed by atoms with van der Waals surface area (Å²) < 4.78 is -0.458. The zero-order valence-electron chi connectivity index (χ0n) is 12.0. The first-order chi connectivity index (χ1) is 9.75. The van der Waals surface area contributed by atoms with Crippen molar-refractivity contribution in [3.8, 4) is 0 Å². The maximum atomic E-state index is 11.4. The van der Waals surface area contributed by atoms with E-state index < -0.39 is 22.8 Å². The number of rotatable bonds is 1. The summed E-state index contributed by atoms with van der Waals surface area (Å²) in [4.78, 5) is 23.8. The Balaban J connectivity index is 0.000000194. The molecule has 1 radical (unpaired) electrons. The number of fused-ring (bicyclic) bond motifs is 1. The van der Waals surface area contributed by atoms with E-state index in [0.29, 0.717) is 0 Å². The van der Waals surface area contributed by atoms with Crippen molar-refractivity contribution in [1.29, 1.82) is 0 Å². The number of benzene rings is 1. The third-order valence-corrected chi connectivity index (χ3v) is 5.15. The molecule has 113 valence electrons. The van der Waals surface area contributed by atoms with Gasteiger partial charge in [0.25, 0.3) is 0 Å². The van der Waals surface area contributed by atoms with Crippen LogP contribution >= 0.6 is 11.8 Å². The number of carboxylic acids is 1. The molecule has 21 heavy (non-hydrogen) atoms. The molecule has 0 aliphatic carbocycles. The van der Waals surface area contributed by atoms with Gasteiger partial charge in [0.05, 0.1) is 0 Å². The molecule has 3 rings (SSSR count). The molecule has 2 aliphatic rings. The first-order valence-corrected chi connectivity index (χ1v) is 7.49. The number of aliphatic carboxylic acids is 1. The fourth-order valence-electron chi connectivity index (χ4n) is 2.52. The van der Waals surface area contributed by atoms with Crippen LogP contribution in [-0.4, -0.2) is 44.1 Å². The van der Waals surface area contributed by atoms with Crippen molar-refractivity contribution in [2.75, 3.05) is 0 Å². The van der Waals surface area contributed by atoms with Crippen molar-refractivity contribution in [1.82, 2.24) is 4.90 Å². The molecular weight excluding hydrogens is 288 g/mol. The highest BCUT2D eigenvalue weighted by Gasteiger charge is 2.62. The molecule has 2 aliphatic heterocycles. The van der Waals surface area contributed by atoms with Gasteiger partial charge in [0.2, 0.25) is 5.91 Å². The van der Waals surface area contributed by atoms with E-state index in [1.54, 1.807) is 0 Å². The number of carbonyl (C=O) groups is 2. The Morgan fingerprint density at radius 1 is 1.38 bits per heavy atom. The third kappa shape index (κ3) is 2.91. The van der Waals surface area contributed by atoms with E-state index in [0.717, 1.165) is 5.56 Å². The minimum absolute atomic E-state index is 0.154. The molecule has 5 nitrogen and oxygen atoms in total. The minimum atomic E-state index is -0.953. The Labute approximate surface area is 128 Å². The van der Waals surface area contributed by atoms with Gasteiger partial charge in [0, 0.05) is 4.75 Å². The fourth-order valence-corrected chi connectivity index (χ4v) is 4.09. The lowest BCUT2D eigenvalue weighted by Crippen LogP contribution is -2.68. The molecule has 0 bridgehead atoms. The van der Waals surface area contributed by atoms with Crippen molar-refractivity contribution in [3.05, 3.63) is 42.8 Å². The quantitative estimate of drug-likeness (QED) is 0.765. The largest absolute Gasteiger partial charge is 0.480 e. The van der Waals surface area contributed by atoms with Gasteiger partial charge >= 0.3 is 5.97 Å². The topological polar surface area (TPSA) is 83.6 Å². The summed E-state index contributed by atoms with van der Waals surface area (Å²) in [6.07, 6.45) is 0.